The maximum absolute atomic E-state index is 5.85. The second-order valence-electron chi connectivity index (χ2n) is 3.41. The molecule has 7 heteroatoms. The van der Waals surface area contributed by atoms with Crippen LogP contribution in [0.25, 0.3) is 0 Å². The average molecular weight is 637 g/mol. The van der Waals surface area contributed by atoms with E-state index < -0.39 is 37.3 Å². The predicted molar refractivity (Wildman–Crippen MR) is 99.1 cm³/mol. The molecule has 120 valence electrons. The van der Waals surface area contributed by atoms with E-state index in [1.165, 1.54) is 26.6 Å². The average Bonchev–Trinajstić information content (AvgIpc) is 2.39. The van der Waals surface area contributed by atoms with Gasteiger partial charge in [-0.25, -0.2) is 0 Å². The van der Waals surface area contributed by atoms with E-state index in [9.17, 15) is 0 Å². The smallest absolute Gasteiger partial charge is 0.412 e. The summed E-state index contributed by atoms with van der Waals surface area (Å²) in [5.41, 5.74) is 0. The third kappa shape index (κ3) is 44.9. The van der Waals surface area contributed by atoms with Crippen LogP contribution >= 0.6 is 17.8 Å². The maximum Gasteiger partial charge on any atom is -0.412 e. The van der Waals surface area contributed by atoms with Gasteiger partial charge in [0.05, 0.1) is 0 Å². The van der Waals surface area contributed by atoms with Crippen molar-refractivity contribution in [2.24, 2.45) is 0 Å². The van der Waals surface area contributed by atoms with Gasteiger partial charge in [0, 0.05) is 0 Å². The van der Waals surface area contributed by atoms with Crippen LogP contribution in [0.15, 0.2) is 0 Å². The van der Waals surface area contributed by atoms with E-state index in [1.807, 2.05) is 0 Å². The molecule has 0 bridgehead atoms. The quantitative estimate of drug-likeness (QED) is 0.388. The van der Waals surface area contributed by atoms with Crippen molar-refractivity contribution in [3.8, 4) is 0 Å². The molecule has 0 rings (SSSR count). The first-order valence-electron chi connectivity index (χ1n) is 6.74. The summed E-state index contributed by atoms with van der Waals surface area (Å²) in [5, 5.41) is 0. The summed E-state index contributed by atoms with van der Waals surface area (Å²) in [5.74, 6) is 0. The van der Waals surface area contributed by atoms with E-state index in [1.54, 1.807) is 0 Å². The van der Waals surface area contributed by atoms with Crippen LogP contribution in [0.4, 0.5) is 0 Å². The van der Waals surface area contributed by atoms with Gasteiger partial charge in [0.2, 0.25) is 0 Å². The summed E-state index contributed by atoms with van der Waals surface area (Å²) in [4.78, 5) is 0. The minimum atomic E-state index is -1.14. The van der Waals surface area contributed by atoms with Gasteiger partial charge in [0.1, 0.15) is 0 Å². The zero-order valence-corrected chi connectivity index (χ0v) is 23.6. The normalized spacial score (nSPS) is 8.53. The van der Waals surface area contributed by atoms with Crippen LogP contribution in [0.1, 0.15) is 41.5 Å². The predicted octanol–water partition coefficient (Wildman–Crippen LogP) is 4.43. The summed E-state index contributed by atoms with van der Waals surface area (Å²) >= 11 is -2.07. The van der Waals surface area contributed by atoms with Crippen LogP contribution in [0, 0.1) is 0 Å². The Morgan fingerprint density at radius 2 is 0.842 bits per heavy atom. The van der Waals surface area contributed by atoms with Gasteiger partial charge in [-0.1, -0.05) is 0 Å². The standard InChI is InChI=1S/6C2H5.2ClH.2H2O.3Sn/c6*1-2;;;;;;;/h6*1H2,2H3;2*1H;2*1H2;;;/q;;;;;;;;;;;2*+1/p-2. The molecule has 0 spiro atoms. The van der Waals surface area contributed by atoms with Gasteiger partial charge >= 0.3 is 144 Å². The van der Waals surface area contributed by atoms with Crippen molar-refractivity contribution in [1.29, 1.82) is 0 Å². The molecule has 19 heavy (non-hydrogen) atoms. The molecule has 0 fully saturated rings. The molecule has 4 radical (unpaired) electrons. The van der Waals surface area contributed by atoms with Crippen molar-refractivity contribution in [3.63, 3.8) is 0 Å². The van der Waals surface area contributed by atoms with Gasteiger partial charge in [0.25, 0.3) is 0 Å². The molecule has 0 amide bonds. The van der Waals surface area contributed by atoms with E-state index >= 15 is 0 Å². The molecule has 0 unspecified atom stereocenters. The fourth-order valence-electron chi connectivity index (χ4n) is 0.750. The second-order valence-corrected chi connectivity index (χ2v) is 30.0. The maximum atomic E-state index is 5.85. The van der Waals surface area contributed by atoms with Gasteiger partial charge < -0.3 is 11.0 Å². The van der Waals surface area contributed by atoms with Crippen molar-refractivity contribution in [2.45, 2.75) is 68.2 Å². The molecule has 0 aromatic carbocycles. The molecule has 0 aliphatic heterocycles. The first kappa shape index (κ1) is 33.5. The zero-order chi connectivity index (χ0) is 14.1. The third-order valence-corrected chi connectivity index (χ3v) is 20.8. The number of rotatable bonds is 6. The van der Waals surface area contributed by atoms with Crippen molar-refractivity contribution in [3.05, 3.63) is 0 Å². The molecule has 0 atom stereocenters. The molecular formula is C12H34Cl2O2Sn3. The topological polar surface area (TPSA) is 63.0 Å². The van der Waals surface area contributed by atoms with E-state index in [-0.39, 0.29) is 32.1 Å². The molecule has 2 nitrogen and oxygen atoms in total. The summed E-state index contributed by atoms with van der Waals surface area (Å²) in [6.07, 6.45) is 0. The van der Waals surface area contributed by atoms with Crippen molar-refractivity contribution in [2.75, 3.05) is 0 Å². The number of hydrogen-bond donors (Lipinski definition) is 0. The van der Waals surface area contributed by atoms with Gasteiger partial charge in [-0.2, -0.15) is 0 Å². The van der Waals surface area contributed by atoms with Crippen molar-refractivity contribution in [1.82, 2.24) is 0 Å². The molecule has 0 heterocycles. The first-order valence-corrected chi connectivity index (χ1v) is 26.1. The Hall–Kier alpha value is 2.90. The van der Waals surface area contributed by atoms with E-state index in [0.717, 1.165) is 0 Å². The third-order valence-electron chi connectivity index (χ3n) is 2.03. The minimum absolute atomic E-state index is 0. The largest absolute Gasteiger partial charge is 0.412 e. The fourth-order valence-corrected chi connectivity index (χ4v) is 5.03. The Morgan fingerprint density at radius 3 is 0.842 bits per heavy atom. The van der Waals surface area contributed by atoms with E-state index in [0.29, 0.717) is 0 Å². The van der Waals surface area contributed by atoms with Crippen LogP contribution in [-0.4, -0.2) is 69.4 Å². The minimum Gasteiger partial charge on any atom is -0.412 e. The SMILES string of the molecule is C[CH2][Sn]([Cl])[CH2]C.C[CH2][Sn]([Cl])[CH2]C.C[CH2][Sn][CH2]C.O.O. The van der Waals surface area contributed by atoms with Gasteiger partial charge in [0.15, 0.2) is 0 Å². The van der Waals surface area contributed by atoms with Gasteiger partial charge in [-0.15, -0.1) is 0 Å². The molecule has 0 aromatic heterocycles. The van der Waals surface area contributed by atoms with Crippen LogP contribution < -0.4 is 0 Å². The molecule has 0 aromatic rings. The van der Waals surface area contributed by atoms with Crippen LogP contribution in [0.2, 0.25) is 26.6 Å². The number of halogens is 2. The van der Waals surface area contributed by atoms with Gasteiger partial charge in [-0.05, 0) is 0 Å². The Balaban J connectivity index is -0.0000000492. The molecule has 4 N–H and O–H groups in total. The van der Waals surface area contributed by atoms with E-state index in [2.05, 4.69) is 41.5 Å². The molecule has 0 aliphatic rings. The summed E-state index contributed by atoms with van der Waals surface area (Å²) in [6, 6.07) is 0. The first-order chi connectivity index (χ1) is 8.03. The Morgan fingerprint density at radius 1 is 0.632 bits per heavy atom. The van der Waals surface area contributed by atoms with Crippen LogP contribution in [0.5, 0.6) is 0 Å². The summed E-state index contributed by atoms with van der Waals surface area (Å²) in [6.45, 7) is 13.3. The fraction of sp³-hybridized carbons (Fsp3) is 1.00. The molecule has 0 aliphatic carbocycles. The monoisotopic (exact) mass is 640 g/mol. The van der Waals surface area contributed by atoms with Crippen LogP contribution in [-0.2, 0) is 0 Å². The van der Waals surface area contributed by atoms with E-state index in [4.69, 9.17) is 17.8 Å². The summed E-state index contributed by atoms with van der Waals surface area (Å²) < 4.78 is 8.20. The summed E-state index contributed by atoms with van der Waals surface area (Å²) in [7, 11) is 11.7. The van der Waals surface area contributed by atoms with Crippen molar-refractivity contribution >= 4 is 76.3 Å². The molecular weight excluding hydrogens is 603 g/mol. The Labute approximate surface area is 153 Å². The zero-order valence-electron chi connectivity index (χ0n) is 13.5. The van der Waals surface area contributed by atoms with Gasteiger partial charge in [-0.3, -0.25) is 0 Å². The van der Waals surface area contributed by atoms with Crippen molar-refractivity contribution < 1.29 is 11.0 Å². The Bertz CT molecular complexity index is 105. The van der Waals surface area contributed by atoms with Crippen LogP contribution in [0.3, 0.4) is 0 Å². The Kier molecular flexibility index (Phi) is 57.7. The second kappa shape index (κ2) is 32.7. The molecule has 0 saturated heterocycles. The number of hydrogen-bond acceptors (Lipinski definition) is 0. The molecule has 0 saturated carbocycles.